The highest BCUT2D eigenvalue weighted by Crippen LogP contribution is 2.29. The molecule has 0 bridgehead atoms. The number of carbonyl (C=O) groups excluding carboxylic acids is 1. The lowest BCUT2D eigenvalue weighted by molar-refractivity contribution is 0.102. The number of hydrogen-bond acceptors (Lipinski definition) is 6. The number of carbonyl (C=O) groups is 1. The Morgan fingerprint density at radius 2 is 1.63 bits per heavy atom. The quantitative estimate of drug-likeness (QED) is 0.476. The Morgan fingerprint density at radius 3 is 2.47 bits per heavy atom. The Labute approximate surface area is 173 Å². The van der Waals surface area contributed by atoms with E-state index in [1.807, 2.05) is 54.6 Å². The molecule has 0 spiro atoms. The van der Waals surface area contributed by atoms with Crippen molar-refractivity contribution in [2.45, 2.75) is 6.54 Å². The third-order valence-electron chi connectivity index (χ3n) is 4.19. The van der Waals surface area contributed by atoms with E-state index in [9.17, 15) is 4.79 Å². The van der Waals surface area contributed by atoms with Crippen molar-refractivity contribution in [3.63, 3.8) is 0 Å². The molecule has 4 rings (SSSR count). The van der Waals surface area contributed by atoms with Crippen molar-refractivity contribution in [2.24, 2.45) is 0 Å². The minimum Gasteiger partial charge on any atom is -0.455 e. The molecule has 2 aromatic heterocycles. The Hall–Kier alpha value is -4.26. The molecule has 0 aliphatic carbocycles. The average molecular weight is 397 g/mol. The molecule has 148 valence electrons. The van der Waals surface area contributed by atoms with Crippen LogP contribution in [-0.2, 0) is 6.54 Å². The smallest absolute Gasteiger partial charge is 0.274 e. The molecule has 7 heteroatoms. The summed E-state index contributed by atoms with van der Waals surface area (Å²) in [6.45, 7) is 0.529. The second-order valence-electron chi connectivity index (χ2n) is 6.34. The van der Waals surface area contributed by atoms with Crippen LogP contribution in [0.5, 0.6) is 11.5 Å². The minimum absolute atomic E-state index is 0.247. The molecular formula is C23H19N5O2. The van der Waals surface area contributed by atoms with Crippen molar-refractivity contribution >= 4 is 17.5 Å². The van der Waals surface area contributed by atoms with Gasteiger partial charge in [0.25, 0.3) is 5.91 Å². The zero-order valence-electron chi connectivity index (χ0n) is 16.0. The first-order chi connectivity index (χ1) is 14.8. The summed E-state index contributed by atoms with van der Waals surface area (Å²) in [6, 6.07) is 22.0. The fourth-order valence-corrected chi connectivity index (χ4v) is 2.71. The van der Waals surface area contributed by atoms with Crippen LogP contribution in [-0.4, -0.2) is 20.9 Å². The van der Waals surface area contributed by atoms with Crippen molar-refractivity contribution in [2.75, 3.05) is 10.6 Å². The molecule has 4 aromatic rings. The van der Waals surface area contributed by atoms with Crippen molar-refractivity contribution < 1.29 is 9.53 Å². The van der Waals surface area contributed by atoms with E-state index in [1.54, 1.807) is 36.8 Å². The average Bonchev–Trinajstić information content (AvgIpc) is 2.80. The molecule has 2 aromatic carbocycles. The summed E-state index contributed by atoms with van der Waals surface area (Å²) >= 11 is 0. The Balaban J connectivity index is 1.45. The molecule has 0 saturated heterocycles. The second-order valence-corrected chi connectivity index (χ2v) is 6.34. The predicted octanol–water partition coefficient (Wildman–Crippen LogP) is 4.53. The van der Waals surface area contributed by atoms with E-state index in [1.165, 1.54) is 0 Å². The van der Waals surface area contributed by atoms with Crippen LogP contribution in [0.2, 0.25) is 0 Å². The standard InChI is InChI=1S/C23H19N5O2/c29-22(20-12-15-25-23(28-20)26-16-17-10-13-24-14-11-17)27-19-8-4-5-9-21(19)30-18-6-2-1-3-7-18/h1-15H,16H2,(H,27,29)(H,25,26,28). The summed E-state index contributed by atoms with van der Waals surface area (Å²) in [4.78, 5) is 25.2. The van der Waals surface area contributed by atoms with E-state index < -0.39 is 0 Å². The molecule has 0 fully saturated rings. The van der Waals surface area contributed by atoms with Gasteiger partial charge in [-0.2, -0.15) is 0 Å². The maximum atomic E-state index is 12.8. The van der Waals surface area contributed by atoms with Gasteiger partial charge in [-0.1, -0.05) is 30.3 Å². The first-order valence-corrected chi connectivity index (χ1v) is 9.37. The van der Waals surface area contributed by atoms with Gasteiger partial charge in [0.1, 0.15) is 11.4 Å². The zero-order chi connectivity index (χ0) is 20.6. The first kappa shape index (κ1) is 19.1. The molecule has 0 saturated carbocycles. The van der Waals surface area contributed by atoms with Gasteiger partial charge in [-0.05, 0) is 48.0 Å². The summed E-state index contributed by atoms with van der Waals surface area (Å²) in [5, 5.41) is 5.97. The molecule has 2 N–H and O–H groups in total. The van der Waals surface area contributed by atoms with E-state index in [4.69, 9.17) is 4.74 Å². The number of hydrogen-bond donors (Lipinski definition) is 2. The van der Waals surface area contributed by atoms with Crippen LogP contribution < -0.4 is 15.4 Å². The van der Waals surface area contributed by atoms with Crippen LogP contribution in [0.4, 0.5) is 11.6 Å². The van der Waals surface area contributed by atoms with Crippen molar-refractivity contribution in [1.29, 1.82) is 0 Å². The van der Waals surface area contributed by atoms with E-state index in [-0.39, 0.29) is 11.6 Å². The number of pyridine rings is 1. The highest BCUT2D eigenvalue weighted by Gasteiger charge is 2.12. The van der Waals surface area contributed by atoms with Gasteiger partial charge in [0, 0.05) is 25.1 Å². The van der Waals surface area contributed by atoms with Gasteiger partial charge in [0.2, 0.25) is 5.95 Å². The van der Waals surface area contributed by atoms with Crippen molar-refractivity contribution in [3.8, 4) is 11.5 Å². The van der Waals surface area contributed by atoms with Crippen LogP contribution in [0.25, 0.3) is 0 Å². The number of nitrogens with one attached hydrogen (secondary N) is 2. The largest absolute Gasteiger partial charge is 0.455 e. The molecule has 0 unspecified atom stereocenters. The minimum atomic E-state index is -0.353. The molecule has 1 amide bonds. The molecule has 30 heavy (non-hydrogen) atoms. The lowest BCUT2D eigenvalue weighted by Crippen LogP contribution is -2.15. The second kappa shape index (κ2) is 9.29. The molecule has 7 nitrogen and oxygen atoms in total. The third kappa shape index (κ3) is 4.96. The fraction of sp³-hybridized carbons (Fsp3) is 0.0435. The summed E-state index contributed by atoms with van der Waals surface area (Å²) in [5.41, 5.74) is 1.84. The number of benzene rings is 2. The highest BCUT2D eigenvalue weighted by atomic mass is 16.5. The maximum absolute atomic E-state index is 12.8. The molecular weight excluding hydrogens is 378 g/mol. The number of anilines is 2. The normalized spacial score (nSPS) is 10.3. The number of para-hydroxylation sites is 3. The van der Waals surface area contributed by atoms with E-state index in [0.717, 1.165) is 5.56 Å². The first-order valence-electron chi connectivity index (χ1n) is 9.37. The SMILES string of the molecule is O=C(Nc1ccccc1Oc1ccccc1)c1ccnc(NCc2ccncc2)n1. The van der Waals surface area contributed by atoms with Gasteiger partial charge < -0.3 is 15.4 Å². The molecule has 2 heterocycles. The van der Waals surface area contributed by atoms with Gasteiger partial charge in [-0.3, -0.25) is 9.78 Å². The van der Waals surface area contributed by atoms with Crippen LogP contribution in [0.3, 0.4) is 0 Å². The van der Waals surface area contributed by atoms with Gasteiger partial charge in [0.05, 0.1) is 5.69 Å². The number of rotatable bonds is 7. The predicted molar refractivity (Wildman–Crippen MR) is 115 cm³/mol. The highest BCUT2D eigenvalue weighted by molar-refractivity contribution is 6.03. The van der Waals surface area contributed by atoms with Gasteiger partial charge >= 0.3 is 0 Å². The van der Waals surface area contributed by atoms with E-state index >= 15 is 0 Å². The topological polar surface area (TPSA) is 89.0 Å². The van der Waals surface area contributed by atoms with Crippen LogP contribution in [0.15, 0.2) is 91.4 Å². The lowest BCUT2D eigenvalue weighted by atomic mass is 10.2. The van der Waals surface area contributed by atoms with Crippen LogP contribution >= 0.6 is 0 Å². The van der Waals surface area contributed by atoms with Crippen LogP contribution in [0, 0.1) is 0 Å². The van der Waals surface area contributed by atoms with E-state index in [0.29, 0.717) is 29.7 Å². The van der Waals surface area contributed by atoms with Gasteiger partial charge in [-0.25, -0.2) is 9.97 Å². The fourth-order valence-electron chi connectivity index (χ4n) is 2.71. The summed E-state index contributed by atoms with van der Waals surface area (Å²) in [7, 11) is 0. The van der Waals surface area contributed by atoms with Gasteiger partial charge in [0.15, 0.2) is 5.75 Å². The van der Waals surface area contributed by atoms with E-state index in [2.05, 4.69) is 25.6 Å². The lowest BCUT2D eigenvalue weighted by Gasteiger charge is -2.12. The zero-order valence-corrected chi connectivity index (χ0v) is 16.0. The van der Waals surface area contributed by atoms with Crippen molar-refractivity contribution in [1.82, 2.24) is 15.0 Å². The van der Waals surface area contributed by atoms with Gasteiger partial charge in [-0.15, -0.1) is 0 Å². The number of nitrogens with zero attached hydrogens (tertiary/aromatic N) is 3. The summed E-state index contributed by atoms with van der Waals surface area (Å²) in [5.74, 6) is 1.24. The monoisotopic (exact) mass is 397 g/mol. The third-order valence-corrected chi connectivity index (χ3v) is 4.19. The number of amides is 1. The Bertz CT molecular complexity index is 1120. The molecule has 0 aliphatic rings. The summed E-state index contributed by atoms with van der Waals surface area (Å²) in [6.07, 6.45) is 4.98. The Morgan fingerprint density at radius 1 is 0.867 bits per heavy atom. The summed E-state index contributed by atoms with van der Waals surface area (Å²) < 4.78 is 5.89. The Kier molecular flexibility index (Phi) is 5.91. The maximum Gasteiger partial charge on any atom is 0.274 e. The number of aromatic nitrogens is 3. The molecule has 0 atom stereocenters. The number of ether oxygens (including phenoxy) is 1. The van der Waals surface area contributed by atoms with Crippen molar-refractivity contribution in [3.05, 3.63) is 103 Å². The molecule has 0 aliphatic heterocycles. The van der Waals surface area contributed by atoms with Crippen LogP contribution in [0.1, 0.15) is 16.1 Å². The molecule has 0 radical (unpaired) electrons.